The van der Waals surface area contributed by atoms with Crippen LogP contribution in [0.3, 0.4) is 0 Å². The maximum atomic E-state index is 12.4. The van der Waals surface area contributed by atoms with E-state index in [1.54, 1.807) is 18.2 Å². The number of aryl methyl sites for hydroxylation is 1. The molecule has 1 aromatic heterocycles. The molecule has 5 nitrogen and oxygen atoms in total. The molecule has 0 atom stereocenters. The highest BCUT2D eigenvalue weighted by molar-refractivity contribution is 6.40. The highest BCUT2D eigenvalue weighted by atomic mass is 35.5. The molecule has 1 heterocycles. The van der Waals surface area contributed by atoms with Crippen LogP contribution in [0.2, 0.25) is 10.0 Å². The first-order chi connectivity index (χ1) is 12.5. The molecule has 2 N–H and O–H groups in total. The highest BCUT2D eigenvalue weighted by Crippen LogP contribution is 2.30. The van der Waals surface area contributed by atoms with Gasteiger partial charge in [0.2, 0.25) is 5.95 Å². The third kappa shape index (κ3) is 3.95. The number of carbonyl (C=O) groups is 1. The zero-order valence-electron chi connectivity index (χ0n) is 14.2. The molecule has 0 aliphatic heterocycles. The van der Waals surface area contributed by atoms with Crippen molar-refractivity contribution in [3.63, 3.8) is 0 Å². The Morgan fingerprint density at radius 2 is 1.58 bits per heavy atom. The fraction of sp³-hybridized carbons (Fsp3) is 0.105. The van der Waals surface area contributed by atoms with Gasteiger partial charge in [-0.3, -0.25) is 4.79 Å². The van der Waals surface area contributed by atoms with Crippen LogP contribution in [0.4, 0.5) is 17.3 Å². The molecule has 0 fully saturated rings. The highest BCUT2D eigenvalue weighted by Gasteiger charge is 2.12. The summed E-state index contributed by atoms with van der Waals surface area (Å²) < 4.78 is 0. The number of rotatable bonds is 4. The topological polar surface area (TPSA) is 66.9 Å². The molecule has 3 aromatic rings. The number of hydrogen-bond donors (Lipinski definition) is 2. The molecule has 0 aliphatic rings. The minimum atomic E-state index is -0.390. The van der Waals surface area contributed by atoms with Crippen LogP contribution >= 0.6 is 23.2 Å². The van der Waals surface area contributed by atoms with Crippen molar-refractivity contribution in [3.8, 4) is 0 Å². The largest absolute Gasteiger partial charge is 0.324 e. The molecular weight excluding hydrogens is 371 g/mol. The third-order valence-electron chi connectivity index (χ3n) is 3.97. The normalized spacial score (nSPS) is 10.5. The van der Waals surface area contributed by atoms with Crippen LogP contribution in [-0.4, -0.2) is 15.9 Å². The fourth-order valence-electron chi connectivity index (χ4n) is 2.32. The van der Waals surface area contributed by atoms with Gasteiger partial charge in [-0.15, -0.1) is 0 Å². The van der Waals surface area contributed by atoms with Gasteiger partial charge in [0.1, 0.15) is 0 Å². The molecule has 0 bridgehead atoms. The standard InChI is InChI=1S/C19H16Cl2N4O/c1-11-5-3-8-16(12(11)2)24-19-22-9-13(10-23-19)18(26)25-17-14(20)6-4-7-15(17)21/h3-10H,1-2H3,(H,25,26)(H,22,23,24). The second-order valence-corrected chi connectivity index (χ2v) is 6.53. The molecule has 0 radical (unpaired) electrons. The van der Waals surface area contributed by atoms with Gasteiger partial charge in [-0.1, -0.05) is 41.4 Å². The van der Waals surface area contributed by atoms with E-state index in [4.69, 9.17) is 23.2 Å². The van der Waals surface area contributed by atoms with Crippen molar-refractivity contribution in [2.75, 3.05) is 10.6 Å². The van der Waals surface area contributed by atoms with E-state index in [-0.39, 0.29) is 0 Å². The smallest absolute Gasteiger partial charge is 0.258 e. The van der Waals surface area contributed by atoms with E-state index in [0.717, 1.165) is 11.3 Å². The van der Waals surface area contributed by atoms with Crippen LogP contribution in [0.25, 0.3) is 0 Å². The first kappa shape index (κ1) is 18.2. The zero-order valence-corrected chi connectivity index (χ0v) is 15.7. The van der Waals surface area contributed by atoms with Gasteiger partial charge in [0, 0.05) is 18.1 Å². The Morgan fingerprint density at radius 3 is 2.23 bits per heavy atom. The van der Waals surface area contributed by atoms with Crippen molar-refractivity contribution >= 4 is 46.4 Å². The van der Waals surface area contributed by atoms with E-state index in [0.29, 0.717) is 27.2 Å². The van der Waals surface area contributed by atoms with Gasteiger partial charge in [-0.2, -0.15) is 0 Å². The zero-order chi connectivity index (χ0) is 18.7. The van der Waals surface area contributed by atoms with Gasteiger partial charge in [0.15, 0.2) is 0 Å². The van der Waals surface area contributed by atoms with Gasteiger partial charge < -0.3 is 10.6 Å². The average Bonchev–Trinajstić information content (AvgIpc) is 2.63. The Labute approximate surface area is 161 Å². The number of hydrogen-bond acceptors (Lipinski definition) is 4. The van der Waals surface area contributed by atoms with E-state index in [1.807, 2.05) is 32.0 Å². The molecule has 26 heavy (non-hydrogen) atoms. The number of carbonyl (C=O) groups excluding carboxylic acids is 1. The van der Waals surface area contributed by atoms with Crippen molar-refractivity contribution in [2.24, 2.45) is 0 Å². The molecule has 7 heteroatoms. The second-order valence-electron chi connectivity index (χ2n) is 5.72. The minimum absolute atomic E-state index is 0.299. The molecule has 0 unspecified atom stereocenters. The Morgan fingerprint density at radius 1 is 0.962 bits per heavy atom. The summed E-state index contributed by atoms with van der Waals surface area (Å²) in [5.41, 5.74) is 3.87. The van der Waals surface area contributed by atoms with Crippen molar-refractivity contribution in [1.29, 1.82) is 0 Å². The molecule has 0 saturated heterocycles. The number of halogens is 2. The number of para-hydroxylation sites is 1. The number of amides is 1. The maximum absolute atomic E-state index is 12.4. The second kappa shape index (κ2) is 7.72. The first-order valence-electron chi connectivity index (χ1n) is 7.86. The summed E-state index contributed by atoms with van der Waals surface area (Å²) >= 11 is 12.1. The van der Waals surface area contributed by atoms with E-state index in [1.165, 1.54) is 18.0 Å². The summed E-state index contributed by atoms with van der Waals surface area (Å²) in [6.45, 7) is 4.06. The Hall–Kier alpha value is -2.63. The van der Waals surface area contributed by atoms with Gasteiger partial charge in [0.05, 0.1) is 21.3 Å². The number of anilines is 3. The van der Waals surface area contributed by atoms with Crippen molar-refractivity contribution in [1.82, 2.24) is 9.97 Å². The molecule has 2 aromatic carbocycles. The number of nitrogens with one attached hydrogen (secondary N) is 2. The molecule has 0 spiro atoms. The summed E-state index contributed by atoms with van der Waals surface area (Å²) in [4.78, 5) is 20.8. The van der Waals surface area contributed by atoms with Crippen LogP contribution in [0.15, 0.2) is 48.8 Å². The van der Waals surface area contributed by atoms with Gasteiger partial charge in [-0.05, 0) is 43.2 Å². The number of benzene rings is 2. The van der Waals surface area contributed by atoms with Crippen LogP contribution in [0, 0.1) is 13.8 Å². The third-order valence-corrected chi connectivity index (χ3v) is 4.60. The minimum Gasteiger partial charge on any atom is -0.324 e. The van der Waals surface area contributed by atoms with Gasteiger partial charge in [0.25, 0.3) is 5.91 Å². The first-order valence-corrected chi connectivity index (χ1v) is 8.62. The molecular formula is C19H16Cl2N4O. The molecule has 132 valence electrons. The molecule has 3 rings (SSSR count). The Kier molecular flexibility index (Phi) is 5.40. The molecule has 1 amide bonds. The monoisotopic (exact) mass is 386 g/mol. The lowest BCUT2D eigenvalue weighted by atomic mass is 10.1. The van der Waals surface area contributed by atoms with Crippen LogP contribution in [-0.2, 0) is 0 Å². The average molecular weight is 387 g/mol. The van der Waals surface area contributed by atoms with Crippen LogP contribution in [0.5, 0.6) is 0 Å². The van der Waals surface area contributed by atoms with Crippen molar-refractivity contribution < 1.29 is 4.79 Å². The quantitative estimate of drug-likeness (QED) is 0.629. The van der Waals surface area contributed by atoms with Gasteiger partial charge >= 0.3 is 0 Å². The fourth-order valence-corrected chi connectivity index (χ4v) is 2.81. The lowest BCUT2D eigenvalue weighted by Crippen LogP contribution is -2.13. The number of aromatic nitrogens is 2. The Bertz CT molecular complexity index is 938. The number of nitrogens with zero attached hydrogens (tertiary/aromatic N) is 2. The molecule has 0 saturated carbocycles. The van der Waals surface area contributed by atoms with Crippen molar-refractivity contribution in [3.05, 3.63) is 75.5 Å². The van der Waals surface area contributed by atoms with Crippen LogP contribution in [0.1, 0.15) is 21.5 Å². The lowest BCUT2D eigenvalue weighted by Gasteiger charge is -2.11. The van der Waals surface area contributed by atoms with E-state index < -0.39 is 5.91 Å². The maximum Gasteiger partial charge on any atom is 0.258 e. The van der Waals surface area contributed by atoms with Crippen molar-refractivity contribution in [2.45, 2.75) is 13.8 Å². The summed E-state index contributed by atoms with van der Waals surface area (Å²) in [6.07, 6.45) is 2.89. The predicted molar refractivity (Wildman–Crippen MR) is 106 cm³/mol. The summed E-state index contributed by atoms with van der Waals surface area (Å²) in [6, 6.07) is 10.9. The molecule has 0 aliphatic carbocycles. The van der Waals surface area contributed by atoms with E-state index in [9.17, 15) is 4.79 Å². The van der Waals surface area contributed by atoms with Gasteiger partial charge in [-0.25, -0.2) is 9.97 Å². The lowest BCUT2D eigenvalue weighted by molar-refractivity contribution is 0.102. The summed E-state index contributed by atoms with van der Waals surface area (Å²) in [7, 11) is 0. The van der Waals surface area contributed by atoms with E-state index >= 15 is 0 Å². The van der Waals surface area contributed by atoms with Crippen LogP contribution < -0.4 is 10.6 Å². The summed E-state index contributed by atoms with van der Waals surface area (Å²) in [5, 5.41) is 6.55. The Balaban J connectivity index is 1.75. The SMILES string of the molecule is Cc1cccc(Nc2ncc(C(=O)Nc3c(Cl)cccc3Cl)cn2)c1C. The summed E-state index contributed by atoms with van der Waals surface area (Å²) in [5.74, 6) is 0.0179. The van der Waals surface area contributed by atoms with E-state index in [2.05, 4.69) is 20.6 Å². The predicted octanol–water partition coefficient (Wildman–Crippen LogP) is 5.40.